The first-order valence-corrected chi connectivity index (χ1v) is 7.47. The van der Waals surface area contributed by atoms with E-state index in [2.05, 4.69) is 18.0 Å². The monoisotopic (exact) mass is 303 g/mol. The van der Waals surface area contributed by atoms with Crippen molar-refractivity contribution in [1.82, 2.24) is 4.90 Å². The van der Waals surface area contributed by atoms with Gasteiger partial charge in [0.25, 0.3) is 0 Å². The number of fused-ring (bicyclic) bond motifs is 2. The van der Waals surface area contributed by atoms with Gasteiger partial charge in [-0.1, -0.05) is 29.8 Å². The normalized spacial score (nSPS) is 15.9. The number of benzene rings is 2. The quantitative estimate of drug-likeness (QED) is 0.734. The first-order chi connectivity index (χ1) is 10.2. The highest BCUT2D eigenvalue weighted by Crippen LogP contribution is 2.35. The molecule has 0 saturated carbocycles. The Kier molecular flexibility index (Phi) is 4.32. The van der Waals surface area contributed by atoms with Crippen LogP contribution in [0.1, 0.15) is 5.56 Å². The number of para-hydroxylation sites is 1. The highest BCUT2D eigenvalue weighted by Gasteiger charge is 2.13. The van der Waals surface area contributed by atoms with Crippen molar-refractivity contribution < 1.29 is 9.47 Å². The zero-order valence-corrected chi connectivity index (χ0v) is 12.8. The van der Waals surface area contributed by atoms with E-state index in [1.54, 1.807) is 6.07 Å². The van der Waals surface area contributed by atoms with E-state index < -0.39 is 0 Å². The Bertz CT molecular complexity index is 630. The molecule has 0 spiro atoms. The van der Waals surface area contributed by atoms with E-state index >= 15 is 0 Å². The highest BCUT2D eigenvalue weighted by atomic mass is 35.5. The Morgan fingerprint density at radius 1 is 1.00 bits per heavy atom. The minimum Gasteiger partial charge on any atom is -0.488 e. The van der Waals surface area contributed by atoms with Crippen molar-refractivity contribution in [2.24, 2.45) is 0 Å². The molecular formula is C17H18ClNO2. The molecule has 0 radical (unpaired) electrons. The van der Waals surface area contributed by atoms with Gasteiger partial charge in [-0.2, -0.15) is 0 Å². The zero-order chi connectivity index (χ0) is 14.7. The maximum Gasteiger partial charge on any atom is 0.169 e. The number of hydrogen-bond acceptors (Lipinski definition) is 3. The fraction of sp³-hybridized carbons (Fsp3) is 0.294. The minimum absolute atomic E-state index is 0.615. The molecule has 0 bridgehead atoms. The summed E-state index contributed by atoms with van der Waals surface area (Å²) in [6.45, 7) is 2.46. The van der Waals surface area contributed by atoms with Gasteiger partial charge in [0.1, 0.15) is 12.4 Å². The van der Waals surface area contributed by atoms with Gasteiger partial charge in [0, 0.05) is 24.2 Å². The number of nitrogens with zero attached hydrogens (tertiary/aromatic N) is 1. The molecule has 3 nitrogen and oxygen atoms in total. The molecule has 2 aromatic carbocycles. The van der Waals surface area contributed by atoms with Crippen molar-refractivity contribution in [3.63, 3.8) is 0 Å². The van der Waals surface area contributed by atoms with Gasteiger partial charge in [-0.05, 0) is 37.2 Å². The van der Waals surface area contributed by atoms with E-state index in [1.807, 2.05) is 30.3 Å². The molecule has 0 aliphatic carbocycles. The summed E-state index contributed by atoms with van der Waals surface area (Å²) >= 11 is 6.06. The molecule has 1 aliphatic rings. The molecule has 2 aromatic rings. The highest BCUT2D eigenvalue weighted by molar-refractivity contribution is 6.30. The van der Waals surface area contributed by atoms with Crippen molar-refractivity contribution in [3.8, 4) is 17.2 Å². The maximum absolute atomic E-state index is 6.06. The van der Waals surface area contributed by atoms with Crippen molar-refractivity contribution in [3.05, 3.63) is 53.1 Å². The summed E-state index contributed by atoms with van der Waals surface area (Å²) in [6, 6.07) is 13.6. The Balaban J connectivity index is 1.99. The van der Waals surface area contributed by atoms with Crippen LogP contribution in [0.5, 0.6) is 17.2 Å². The summed E-state index contributed by atoms with van der Waals surface area (Å²) in [4.78, 5) is 2.26. The first-order valence-electron chi connectivity index (χ1n) is 7.09. The second-order valence-electron chi connectivity index (χ2n) is 5.20. The van der Waals surface area contributed by atoms with Crippen molar-refractivity contribution >= 4 is 11.6 Å². The van der Waals surface area contributed by atoms with Crippen LogP contribution in [-0.2, 0) is 6.42 Å². The van der Waals surface area contributed by atoms with Gasteiger partial charge >= 0.3 is 0 Å². The standard InChI is InChI=1S/C17H18ClNO2/c1-19-9-8-13-4-2-3-5-15(13)21-16-7-6-14(18)12-17(16)20-11-10-19/h2-7,12H,8-11H2,1H3. The van der Waals surface area contributed by atoms with Gasteiger partial charge < -0.3 is 14.4 Å². The average molecular weight is 304 g/mol. The molecule has 0 amide bonds. The molecule has 0 unspecified atom stereocenters. The van der Waals surface area contributed by atoms with Gasteiger partial charge in [0.2, 0.25) is 0 Å². The van der Waals surface area contributed by atoms with Gasteiger partial charge in [-0.15, -0.1) is 0 Å². The molecule has 1 heterocycles. The van der Waals surface area contributed by atoms with Gasteiger partial charge in [0.05, 0.1) is 0 Å². The predicted octanol–water partition coefficient (Wildman–Crippen LogP) is 4.00. The van der Waals surface area contributed by atoms with Crippen LogP contribution in [0.15, 0.2) is 42.5 Å². The van der Waals surface area contributed by atoms with E-state index in [-0.39, 0.29) is 0 Å². The second kappa shape index (κ2) is 6.37. The first kappa shape index (κ1) is 14.2. The van der Waals surface area contributed by atoms with E-state index in [1.165, 1.54) is 5.56 Å². The number of likely N-dealkylation sites (N-methyl/N-ethyl adjacent to an activating group) is 1. The molecule has 0 aromatic heterocycles. The number of ether oxygens (including phenoxy) is 2. The Morgan fingerprint density at radius 2 is 1.86 bits per heavy atom. The van der Waals surface area contributed by atoms with Crippen molar-refractivity contribution in [2.45, 2.75) is 6.42 Å². The van der Waals surface area contributed by atoms with Crippen molar-refractivity contribution in [1.29, 1.82) is 0 Å². The van der Waals surface area contributed by atoms with E-state index in [0.717, 1.165) is 25.3 Å². The zero-order valence-electron chi connectivity index (χ0n) is 12.0. The summed E-state index contributed by atoms with van der Waals surface area (Å²) in [6.07, 6.45) is 0.954. The van der Waals surface area contributed by atoms with Gasteiger partial charge in [-0.3, -0.25) is 0 Å². The van der Waals surface area contributed by atoms with Crippen LogP contribution in [0, 0.1) is 0 Å². The van der Waals surface area contributed by atoms with E-state index in [9.17, 15) is 0 Å². The molecule has 0 fully saturated rings. The summed E-state index contributed by atoms with van der Waals surface area (Å²) in [5.41, 5.74) is 1.20. The predicted molar refractivity (Wildman–Crippen MR) is 84.7 cm³/mol. The summed E-state index contributed by atoms with van der Waals surface area (Å²) in [7, 11) is 2.10. The minimum atomic E-state index is 0.615. The largest absolute Gasteiger partial charge is 0.488 e. The van der Waals surface area contributed by atoms with Crippen molar-refractivity contribution in [2.75, 3.05) is 26.7 Å². The molecule has 0 saturated heterocycles. The molecule has 1 aliphatic heterocycles. The summed E-state index contributed by atoms with van der Waals surface area (Å²) in [5, 5.41) is 0.647. The lowest BCUT2D eigenvalue weighted by molar-refractivity contribution is 0.236. The third-order valence-electron chi connectivity index (χ3n) is 3.59. The molecule has 110 valence electrons. The van der Waals surface area contributed by atoms with E-state index in [0.29, 0.717) is 23.1 Å². The summed E-state index contributed by atoms with van der Waals surface area (Å²) in [5.74, 6) is 2.27. The Hall–Kier alpha value is -1.71. The SMILES string of the molecule is CN1CCOc2cc(Cl)ccc2Oc2ccccc2CC1. The second-order valence-corrected chi connectivity index (χ2v) is 5.64. The summed E-state index contributed by atoms with van der Waals surface area (Å²) < 4.78 is 11.9. The lowest BCUT2D eigenvalue weighted by atomic mass is 10.1. The number of halogens is 1. The van der Waals surface area contributed by atoms with Crippen LogP contribution < -0.4 is 9.47 Å². The molecule has 4 heteroatoms. The number of hydrogen-bond donors (Lipinski definition) is 0. The fourth-order valence-electron chi connectivity index (χ4n) is 2.34. The maximum atomic E-state index is 6.06. The van der Waals surface area contributed by atoms with Crippen LogP contribution in [0.4, 0.5) is 0 Å². The smallest absolute Gasteiger partial charge is 0.169 e. The van der Waals surface area contributed by atoms with Crippen LogP contribution >= 0.6 is 11.6 Å². The van der Waals surface area contributed by atoms with Crippen LogP contribution in [0.2, 0.25) is 5.02 Å². The lowest BCUT2D eigenvalue weighted by Gasteiger charge is -2.16. The molecule has 0 N–H and O–H groups in total. The van der Waals surface area contributed by atoms with E-state index in [4.69, 9.17) is 21.1 Å². The van der Waals surface area contributed by atoms with Gasteiger partial charge in [-0.25, -0.2) is 0 Å². The topological polar surface area (TPSA) is 21.7 Å². The molecular weight excluding hydrogens is 286 g/mol. The molecule has 0 atom stereocenters. The lowest BCUT2D eigenvalue weighted by Crippen LogP contribution is -2.26. The third kappa shape index (κ3) is 3.49. The molecule has 21 heavy (non-hydrogen) atoms. The van der Waals surface area contributed by atoms with Crippen LogP contribution in [0.25, 0.3) is 0 Å². The van der Waals surface area contributed by atoms with Gasteiger partial charge in [0.15, 0.2) is 11.5 Å². The average Bonchev–Trinajstić information content (AvgIpc) is 2.51. The van der Waals surface area contributed by atoms with Crippen LogP contribution in [-0.4, -0.2) is 31.6 Å². The Morgan fingerprint density at radius 3 is 2.76 bits per heavy atom. The third-order valence-corrected chi connectivity index (χ3v) is 3.83. The van der Waals surface area contributed by atoms with Crippen LogP contribution in [0.3, 0.4) is 0 Å². The molecule has 3 rings (SSSR count). The number of rotatable bonds is 0. The fourth-order valence-corrected chi connectivity index (χ4v) is 2.50. The Labute approximate surface area is 130 Å².